The largest absolute Gasteiger partial charge is 0.444 e. The molecule has 3 N–H and O–H groups in total. The summed E-state index contributed by atoms with van der Waals surface area (Å²) >= 11 is 0. The van der Waals surface area contributed by atoms with Crippen LogP contribution in [0.15, 0.2) is 0 Å². The molecule has 2 aliphatic heterocycles. The monoisotopic (exact) mass is 396 g/mol. The van der Waals surface area contributed by atoms with Crippen LogP contribution in [-0.2, 0) is 19.1 Å². The molecule has 0 radical (unpaired) electrons. The third kappa shape index (κ3) is 4.94. The molecule has 9 nitrogen and oxygen atoms in total. The third-order valence-corrected chi connectivity index (χ3v) is 4.81. The van der Waals surface area contributed by atoms with E-state index in [1.165, 1.54) is 9.80 Å². The van der Waals surface area contributed by atoms with E-state index in [-0.39, 0.29) is 30.8 Å². The Morgan fingerprint density at radius 2 is 1.96 bits per heavy atom. The maximum Gasteiger partial charge on any atom is 0.410 e. The summed E-state index contributed by atoms with van der Waals surface area (Å²) in [4.78, 5) is 52.0. The molecule has 2 aliphatic rings. The lowest BCUT2D eigenvalue weighted by molar-refractivity contribution is -0.159. The van der Waals surface area contributed by atoms with Crippen molar-refractivity contribution >= 4 is 23.8 Å². The van der Waals surface area contributed by atoms with Crippen molar-refractivity contribution < 1.29 is 23.9 Å². The first-order valence-electron chi connectivity index (χ1n) is 9.74. The molecule has 0 aromatic carbocycles. The van der Waals surface area contributed by atoms with Crippen LogP contribution in [0.4, 0.5) is 4.79 Å². The third-order valence-electron chi connectivity index (χ3n) is 4.81. The average molecular weight is 396 g/mol. The van der Waals surface area contributed by atoms with Gasteiger partial charge >= 0.3 is 6.09 Å². The van der Waals surface area contributed by atoms with Crippen molar-refractivity contribution in [3.05, 3.63) is 0 Å². The molecule has 0 aliphatic carbocycles. The minimum atomic E-state index is -1.05. The number of nitrogens with one attached hydrogen (secondary N) is 1. The van der Waals surface area contributed by atoms with Crippen molar-refractivity contribution in [1.29, 1.82) is 0 Å². The zero-order valence-corrected chi connectivity index (χ0v) is 17.4. The van der Waals surface area contributed by atoms with Crippen molar-refractivity contribution in [1.82, 2.24) is 15.1 Å². The first-order chi connectivity index (χ1) is 12.8. The average Bonchev–Trinajstić information content (AvgIpc) is 3.01. The summed E-state index contributed by atoms with van der Waals surface area (Å²) in [6.07, 6.45) is 1.13. The van der Waals surface area contributed by atoms with Gasteiger partial charge in [-0.05, 0) is 46.0 Å². The lowest BCUT2D eigenvalue weighted by atomic mass is 9.80. The Labute approximate surface area is 165 Å². The van der Waals surface area contributed by atoms with E-state index in [0.29, 0.717) is 25.8 Å². The molecule has 9 heteroatoms. The summed E-state index contributed by atoms with van der Waals surface area (Å²) in [5, 5.41) is 2.87. The van der Waals surface area contributed by atoms with E-state index in [1.807, 2.05) is 13.8 Å². The Morgan fingerprint density at radius 1 is 1.32 bits per heavy atom. The normalized spacial score (nSPS) is 24.9. The predicted octanol–water partition coefficient (Wildman–Crippen LogP) is 0.615. The molecule has 0 bridgehead atoms. The Bertz CT molecular complexity index is 657. The molecular weight excluding hydrogens is 364 g/mol. The molecular formula is C19H32N4O5. The molecule has 0 spiro atoms. The fraction of sp³-hybridized carbons (Fsp3) is 0.789. The second-order valence-electron chi connectivity index (χ2n) is 9.13. The molecule has 2 saturated heterocycles. The zero-order valence-electron chi connectivity index (χ0n) is 17.4. The van der Waals surface area contributed by atoms with Crippen LogP contribution in [0.3, 0.4) is 0 Å². The van der Waals surface area contributed by atoms with Crippen LogP contribution >= 0.6 is 0 Å². The van der Waals surface area contributed by atoms with E-state index < -0.39 is 29.2 Å². The Balaban J connectivity index is 2.10. The number of carbonyl (C=O) groups excluding carboxylic acids is 4. The van der Waals surface area contributed by atoms with Crippen LogP contribution < -0.4 is 11.1 Å². The Kier molecular flexibility index (Phi) is 6.25. The highest BCUT2D eigenvalue weighted by molar-refractivity contribution is 6.00. The van der Waals surface area contributed by atoms with Gasteiger partial charge in [0.05, 0.1) is 13.1 Å². The van der Waals surface area contributed by atoms with Crippen molar-refractivity contribution in [2.75, 3.05) is 19.6 Å². The molecule has 0 aromatic heterocycles. The molecule has 0 aromatic rings. The molecule has 28 heavy (non-hydrogen) atoms. The fourth-order valence-corrected chi connectivity index (χ4v) is 3.88. The topological polar surface area (TPSA) is 122 Å². The van der Waals surface area contributed by atoms with Crippen molar-refractivity contribution in [2.24, 2.45) is 11.7 Å². The minimum Gasteiger partial charge on any atom is -0.444 e. The van der Waals surface area contributed by atoms with Crippen molar-refractivity contribution in [3.63, 3.8) is 0 Å². The molecule has 2 atom stereocenters. The smallest absolute Gasteiger partial charge is 0.410 e. The molecule has 0 saturated carbocycles. The summed E-state index contributed by atoms with van der Waals surface area (Å²) in [5.74, 6) is -1.11. The lowest BCUT2D eigenvalue weighted by Crippen LogP contribution is -2.76. The van der Waals surface area contributed by atoms with E-state index in [1.54, 1.807) is 20.8 Å². The van der Waals surface area contributed by atoms with Gasteiger partial charge < -0.3 is 20.7 Å². The van der Waals surface area contributed by atoms with Gasteiger partial charge in [0.2, 0.25) is 11.8 Å². The van der Waals surface area contributed by atoms with E-state index >= 15 is 0 Å². The summed E-state index contributed by atoms with van der Waals surface area (Å²) in [6, 6.07) is -0.670. The minimum absolute atomic E-state index is 0.158. The highest BCUT2D eigenvalue weighted by Crippen LogP contribution is 2.31. The number of ether oxygens (including phenoxy) is 1. The molecule has 2 rings (SSSR count). The molecule has 2 heterocycles. The van der Waals surface area contributed by atoms with Crippen LogP contribution in [0, 0.1) is 5.92 Å². The van der Waals surface area contributed by atoms with Gasteiger partial charge in [-0.25, -0.2) is 4.79 Å². The zero-order chi connectivity index (χ0) is 21.3. The number of amides is 4. The van der Waals surface area contributed by atoms with Gasteiger partial charge in [0.1, 0.15) is 17.2 Å². The highest BCUT2D eigenvalue weighted by atomic mass is 16.6. The maximum atomic E-state index is 13.0. The SMILES string of the molecule is CC(C)C[C@@]1(NC(=O)[C@@H]2CCCN2C(=O)OC(C)(C)C)CN(CC(N)=O)C1=O. The Morgan fingerprint density at radius 3 is 2.46 bits per heavy atom. The van der Waals surface area contributed by atoms with E-state index in [9.17, 15) is 19.2 Å². The highest BCUT2D eigenvalue weighted by Gasteiger charge is 2.54. The van der Waals surface area contributed by atoms with Gasteiger partial charge in [0.15, 0.2) is 0 Å². The number of primary amides is 1. The standard InChI is InChI=1S/C19H32N4O5/c1-12(2)9-19(11-22(16(19)26)10-14(20)24)21-15(25)13-7-6-8-23(13)17(27)28-18(3,4)5/h12-13H,6-11H2,1-5H3,(H2,20,24)(H,21,25)/t13-,19+/m0/s1. The van der Waals surface area contributed by atoms with E-state index in [2.05, 4.69) is 5.32 Å². The fourth-order valence-electron chi connectivity index (χ4n) is 3.88. The van der Waals surface area contributed by atoms with Crippen LogP contribution in [0.1, 0.15) is 53.9 Å². The summed E-state index contributed by atoms with van der Waals surface area (Å²) in [5.41, 5.74) is 3.47. The first-order valence-corrected chi connectivity index (χ1v) is 9.74. The molecule has 0 unspecified atom stereocenters. The van der Waals surface area contributed by atoms with Crippen molar-refractivity contribution in [2.45, 2.75) is 71.1 Å². The second-order valence-corrected chi connectivity index (χ2v) is 9.13. The summed E-state index contributed by atoms with van der Waals surface area (Å²) in [7, 11) is 0. The lowest BCUT2D eigenvalue weighted by Gasteiger charge is -2.50. The van der Waals surface area contributed by atoms with E-state index in [0.717, 1.165) is 0 Å². The number of nitrogens with two attached hydrogens (primary N) is 1. The predicted molar refractivity (Wildman–Crippen MR) is 102 cm³/mol. The number of hydrogen-bond acceptors (Lipinski definition) is 5. The maximum absolute atomic E-state index is 13.0. The van der Waals surface area contributed by atoms with Crippen LogP contribution in [0.25, 0.3) is 0 Å². The summed E-state index contributed by atoms with van der Waals surface area (Å²) < 4.78 is 5.40. The Hall–Kier alpha value is -2.32. The van der Waals surface area contributed by atoms with Gasteiger partial charge in [0.25, 0.3) is 5.91 Å². The summed E-state index contributed by atoms with van der Waals surface area (Å²) in [6.45, 7) is 9.74. The van der Waals surface area contributed by atoms with Crippen LogP contribution in [-0.4, -0.2) is 70.4 Å². The van der Waals surface area contributed by atoms with Gasteiger partial charge in [-0.2, -0.15) is 0 Å². The van der Waals surface area contributed by atoms with Gasteiger partial charge in [-0.15, -0.1) is 0 Å². The number of β-lactam (4-membered cyclic amide) rings is 1. The van der Waals surface area contributed by atoms with E-state index in [4.69, 9.17) is 10.5 Å². The number of nitrogens with zero attached hydrogens (tertiary/aromatic N) is 2. The van der Waals surface area contributed by atoms with Gasteiger partial charge in [0, 0.05) is 6.54 Å². The second kappa shape index (κ2) is 7.97. The molecule has 4 amide bonds. The molecule has 2 fully saturated rings. The quantitative estimate of drug-likeness (QED) is 0.637. The van der Waals surface area contributed by atoms with Gasteiger partial charge in [-0.3, -0.25) is 19.3 Å². The number of hydrogen-bond donors (Lipinski definition) is 2. The first kappa shape index (κ1) is 22.0. The molecule has 158 valence electrons. The number of rotatable bonds is 6. The van der Waals surface area contributed by atoms with Crippen molar-refractivity contribution in [3.8, 4) is 0 Å². The van der Waals surface area contributed by atoms with Crippen LogP contribution in [0.2, 0.25) is 0 Å². The van der Waals surface area contributed by atoms with Gasteiger partial charge in [-0.1, -0.05) is 13.8 Å². The van der Waals surface area contributed by atoms with Crippen LogP contribution in [0.5, 0.6) is 0 Å². The number of carbonyl (C=O) groups is 4. The number of likely N-dealkylation sites (tertiary alicyclic amines) is 2.